The van der Waals surface area contributed by atoms with Crippen LogP contribution in [0.2, 0.25) is 0 Å². The SMILES string of the molecule is Cc1ccc(CC(=O)N2CCN(c3noc(-c4ccccc4)n3)CC2)cc1. The number of piperazine rings is 1. The molecule has 1 aliphatic heterocycles. The van der Waals surface area contributed by atoms with Crippen LogP contribution in [0.3, 0.4) is 0 Å². The zero-order chi connectivity index (χ0) is 18.6. The number of rotatable bonds is 4. The van der Waals surface area contributed by atoms with Crippen molar-refractivity contribution < 1.29 is 9.32 Å². The fourth-order valence-corrected chi connectivity index (χ4v) is 3.19. The van der Waals surface area contributed by atoms with Crippen molar-refractivity contribution in [1.29, 1.82) is 0 Å². The van der Waals surface area contributed by atoms with Crippen LogP contribution in [0.1, 0.15) is 11.1 Å². The number of carbonyl (C=O) groups excluding carboxylic acids is 1. The van der Waals surface area contributed by atoms with Crippen molar-refractivity contribution >= 4 is 11.9 Å². The van der Waals surface area contributed by atoms with Gasteiger partial charge in [-0.2, -0.15) is 4.98 Å². The Labute approximate surface area is 158 Å². The van der Waals surface area contributed by atoms with Crippen LogP contribution in [0.5, 0.6) is 0 Å². The summed E-state index contributed by atoms with van der Waals surface area (Å²) in [4.78, 5) is 21.0. The number of anilines is 1. The average molecular weight is 362 g/mol. The molecule has 0 radical (unpaired) electrons. The minimum atomic E-state index is 0.164. The van der Waals surface area contributed by atoms with Gasteiger partial charge in [0.15, 0.2) is 0 Å². The van der Waals surface area contributed by atoms with E-state index in [1.54, 1.807) is 0 Å². The molecule has 0 aliphatic carbocycles. The summed E-state index contributed by atoms with van der Waals surface area (Å²) in [5.74, 6) is 1.26. The molecule has 1 aliphatic rings. The van der Waals surface area contributed by atoms with Crippen LogP contribution in [0.15, 0.2) is 59.1 Å². The highest BCUT2D eigenvalue weighted by atomic mass is 16.5. The fourth-order valence-electron chi connectivity index (χ4n) is 3.19. The Balaban J connectivity index is 1.34. The average Bonchev–Trinajstić information content (AvgIpc) is 3.21. The maximum atomic E-state index is 12.5. The molecule has 1 amide bonds. The van der Waals surface area contributed by atoms with Crippen LogP contribution in [-0.2, 0) is 11.2 Å². The van der Waals surface area contributed by atoms with Gasteiger partial charge in [-0.25, -0.2) is 0 Å². The molecule has 4 rings (SSSR count). The first-order chi connectivity index (χ1) is 13.2. The highest BCUT2D eigenvalue weighted by Crippen LogP contribution is 2.20. The molecular weight excluding hydrogens is 340 g/mol. The Kier molecular flexibility index (Phi) is 4.87. The standard InChI is InChI=1S/C21H22N4O2/c1-16-7-9-17(10-8-16)15-19(26)24-11-13-25(14-12-24)21-22-20(27-23-21)18-5-3-2-4-6-18/h2-10H,11-15H2,1H3. The lowest BCUT2D eigenvalue weighted by atomic mass is 10.1. The number of hydrogen-bond donors (Lipinski definition) is 0. The number of carbonyl (C=O) groups is 1. The molecule has 3 aromatic rings. The topological polar surface area (TPSA) is 62.5 Å². The maximum Gasteiger partial charge on any atom is 0.266 e. The number of hydrogen-bond acceptors (Lipinski definition) is 5. The molecule has 2 heterocycles. The van der Waals surface area contributed by atoms with Gasteiger partial charge in [-0.1, -0.05) is 48.0 Å². The van der Waals surface area contributed by atoms with Gasteiger partial charge in [-0.15, -0.1) is 0 Å². The van der Waals surface area contributed by atoms with Crippen LogP contribution < -0.4 is 4.90 Å². The molecule has 6 nitrogen and oxygen atoms in total. The second kappa shape index (κ2) is 7.61. The van der Waals surface area contributed by atoms with E-state index in [9.17, 15) is 4.79 Å². The molecule has 0 N–H and O–H groups in total. The van der Waals surface area contributed by atoms with Crippen LogP contribution in [0, 0.1) is 6.92 Å². The van der Waals surface area contributed by atoms with Gasteiger partial charge in [0.25, 0.3) is 11.8 Å². The van der Waals surface area contributed by atoms with E-state index in [0.29, 0.717) is 44.4 Å². The summed E-state index contributed by atoms with van der Waals surface area (Å²) >= 11 is 0. The second-order valence-corrected chi connectivity index (χ2v) is 6.80. The molecule has 0 unspecified atom stereocenters. The van der Waals surface area contributed by atoms with Crippen molar-refractivity contribution in [3.05, 3.63) is 65.7 Å². The first-order valence-electron chi connectivity index (χ1n) is 9.16. The smallest absolute Gasteiger partial charge is 0.266 e. The Morgan fingerprint density at radius 1 is 1.00 bits per heavy atom. The summed E-state index contributed by atoms with van der Waals surface area (Å²) in [5.41, 5.74) is 3.16. The van der Waals surface area contributed by atoms with E-state index in [4.69, 9.17) is 4.52 Å². The summed E-state index contributed by atoms with van der Waals surface area (Å²) < 4.78 is 5.38. The number of amides is 1. The Bertz CT molecular complexity index is 897. The number of aryl methyl sites for hydroxylation is 1. The van der Waals surface area contributed by atoms with Crippen molar-refractivity contribution in [1.82, 2.24) is 15.0 Å². The number of benzene rings is 2. The van der Waals surface area contributed by atoms with E-state index >= 15 is 0 Å². The van der Waals surface area contributed by atoms with Crippen molar-refractivity contribution in [2.75, 3.05) is 31.1 Å². The van der Waals surface area contributed by atoms with E-state index in [-0.39, 0.29) is 5.91 Å². The van der Waals surface area contributed by atoms with Crippen molar-refractivity contribution in [2.45, 2.75) is 13.3 Å². The fraction of sp³-hybridized carbons (Fsp3) is 0.286. The maximum absolute atomic E-state index is 12.5. The molecular formula is C21H22N4O2. The minimum absolute atomic E-state index is 0.164. The third-order valence-corrected chi connectivity index (χ3v) is 4.83. The first kappa shape index (κ1) is 17.3. The summed E-state index contributed by atoms with van der Waals surface area (Å²) in [7, 11) is 0. The molecule has 138 valence electrons. The summed E-state index contributed by atoms with van der Waals surface area (Å²) in [5, 5.41) is 4.10. The van der Waals surface area contributed by atoms with Gasteiger partial charge in [-0.3, -0.25) is 4.79 Å². The summed E-state index contributed by atoms with van der Waals surface area (Å²) in [6, 6.07) is 17.9. The molecule has 1 saturated heterocycles. The Hall–Kier alpha value is -3.15. The normalized spacial score (nSPS) is 14.4. The lowest BCUT2D eigenvalue weighted by Gasteiger charge is -2.34. The van der Waals surface area contributed by atoms with Gasteiger partial charge >= 0.3 is 0 Å². The van der Waals surface area contributed by atoms with E-state index in [2.05, 4.69) is 15.0 Å². The molecule has 0 atom stereocenters. The van der Waals surface area contributed by atoms with Crippen molar-refractivity contribution in [3.8, 4) is 11.5 Å². The molecule has 0 spiro atoms. The van der Waals surface area contributed by atoms with Crippen LogP contribution in [0.25, 0.3) is 11.5 Å². The quantitative estimate of drug-likeness (QED) is 0.714. The van der Waals surface area contributed by atoms with Crippen molar-refractivity contribution in [3.63, 3.8) is 0 Å². The summed E-state index contributed by atoms with van der Waals surface area (Å²) in [6.07, 6.45) is 0.445. The molecule has 2 aromatic carbocycles. The highest BCUT2D eigenvalue weighted by Gasteiger charge is 2.24. The molecule has 1 aromatic heterocycles. The molecule has 1 fully saturated rings. The second-order valence-electron chi connectivity index (χ2n) is 6.80. The highest BCUT2D eigenvalue weighted by molar-refractivity contribution is 5.79. The van der Waals surface area contributed by atoms with Gasteiger partial charge < -0.3 is 14.3 Å². The van der Waals surface area contributed by atoms with E-state index in [1.807, 2.05) is 66.4 Å². The van der Waals surface area contributed by atoms with Crippen LogP contribution in [-0.4, -0.2) is 47.1 Å². The Morgan fingerprint density at radius 2 is 1.70 bits per heavy atom. The molecule has 6 heteroatoms. The number of nitrogens with zero attached hydrogens (tertiary/aromatic N) is 4. The predicted octanol–water partition coefficient (Wildman–Crippen LogP) is 2.94. The van der Waals surface area contributed by atoms with Gasteiger partial charge in [-0.05, 0) is 29.8 Å². The van der Waals surface area contributed by atoms with E-state index in [0.717, 1.165) is 11.1 Å². The first-order valence-corrected chi connectivity index (χ1v) is 9.16. The molecule has 27 heavy (non-hydrogen) atoms. The zero-order valence-electron chi connectivity index (χ0n) is 15.3. The van der Waals surface area contributed by atoms with Gasteiger partial charge in [0.2, 0.25) is 5.91 Å². The predicted molar refractivity (Wildman–Crippen MR) is 103 cm³/mol. The third-order valence-electron chi connectivity index (χ3n) is 4.83. The van der Waals surface area contributed by atoms with Gasteiger partial charge in [0, 0.05) is 31.7 Å². The molecule has 0 saturated carbocycles. The van der Waals surface area contributed by atoms with Gasteiger partial charge in [0.05, 0.1) is 6.42 Å². The lowest BCUT2D eigenvalue weighted by molar-refractivity contribution is -0.130. The summed E-state index contributed by atoms with van der Waals surface area (Å²) in [6.45, 7) is 4.78. The monoisotopic (exact) mass is 362 g/mol. The number of aromatic nitrogens is 2. The van der Waals surface area contributed by atoms with E-state index in [1.165, 1.54) is 5.56 Å². The lowest BCUT2D eigenvalue weighted by Crippen LogP contribution is -2.49. The van der Waals surface area contributed by atoms with Crippen LogP contribution >= 0.6 is 0 Å². The largest absolute Gasteiger partial charge is 0.339 e. The molecule has 0 bridgehead atoms. The Morgan fingerprint density at radius 3 is 2.41 bits per heavy atom. The van der Waals surface area contributed by atoms with Crippen LogP contribution in [0.4, 0.5) is 5.95 Å². The minimum Gasteiger partial charge on any atom is -0.339 e. The third kappa shape index (κ3) is 4.00. The van der Waals surface area contributed by atoms with E-state index < -0.39 is 0 Å². The van der Waals surface area contributed by atoms with Gasteiger partial charge in [0.1, 0.15) is 0 Å². The zero-order valence-corrected chi connectivity index (χ0v) is 15.3. The van der Waals surface area contributed by atoms with Crippen molar-refractivity contribution in [2.24, 2.45) is 0 Å².